The molecule has 0 spiro atoms. The molecule has 2 aromatic rings. The van der Waals surface area contributed by atoms with Crippen molar-refractivity contribution in [3.63, 3.8) is 0 Å². The molecule has 1 fully saturated rings. The predicted molar refractivity (Wildman–Crippen MR) is 81.0 cm³/mol. The zero-order chi connectivity index (χ0) is 14.8. The lowest BCUT2D eigenvalue weighted by molar-refractivity contribution is -0.135. The van der Waals surface area contributed by atoms with E-state index in [4.69, 9.17) is 0 Å². The van der Waals surface area contributed by atoms with Gasteiger partial charge in [0.1, 0.15) is 6.54 Å². The number of likely N-dealkylation sites (tertiary alicyclic amines) is 1. The maximum Gasteiger partial charge on any atom is 0.244 e. The number of amides is 1. The number of hydrogen-bond acceptors (Lipinski definition) is 3. The number of benzene rings is 1. The van der Waals surface area contributed by atoms with E-state index in [0.717, 1.165) is 19.4 Å². The monoisotopic (exact) mass is 285 g/mol. The summed E-state index contributed by atoms with van der Waals surface area (Å²) in [5, 5.41) is 4.73. The maximum absolute atomic E-state index is 12.5. The van der Waals surface area contributed by atoms with E-state index in [-0.39, 0.29) is 23.9 Å². The number of carbonyl (C=O) groups excluding carboxylic acids is 1. The molecule has 3 rings (SSSR count). The zero-order valence-electron chi connectivity index (χ0n) is 12.2. The molecule has 1 aromatic carbocycles. The van der Waals surface area contributed by atoms with Crippen LogP contribution in [0.25, 0.3) is 10.9 Å². The van der Waals surface area contributed by atoms with Crippen molar-refractivity contribution in [3.05, 3.63) is 40.7 Å². The summed E-state index contributed by atoms with van der Waals surface area (Å²) in [6.07, 6.45) is 4.60. The number of rotatable bonds is 2. The van der Waals surface area contributed by atoms with Crippen LogP contribution in [0.2, 0.25) is 0 Å². The van der Waals surface area contributed by atoms with Gasteiger partial charge in [-0.1, -0.05) is 12.1 Å². The second kappa shape index (κ2) is 5.68. The Bertz CT molecular complexity index is 723. The van der Waals surface area contributed by atoms with E-state index in [0.29, 0.717) is 10.9 Å². The SMILES string of the molecule is C[C@H]1CCCCN1C(=O)Cn1ncc(=O)c2ccccc21. The smallest absolute Gasteiger partial charge is 0.244 e. The zero-order valence-corrected chi connectivity index (χ0v) is 12.2. The third-order valence-electron chi connectivity index (χ3n) is 4.17. The molecule has 5 heteroatoms. The first-order chi connectivity index (χ1) is 10.2. The molecule has 0 bridgehead atoms. The van der Waals surface area contributed by atoms with Crippen LogP contribution < -0.4 is 5.43 Å². The molecule has 1 aliphatic rings. The molecular weight excluding hydrogens is 266 g/mol. The first-order valence-corrected chi connectivity index (χ1v) is 7.41. The van der Waals surface area contributed by atoms with Crippen LogP contribution >= 0.6 is 0 Å². The summed E-state index contributed by atoms with van der Waals surface area (Å²) in [5.41, 5.74) is 0.601. The minimum absolute atomic E-state index is 0.0727. The van der Waals surface area contributed by atoms with Crippen molar-refractivity contribution in [1.29, 1.82) is 0 Å². The van der Waals surface area contributed by atoms with Gasteiger partial charge in [0, 0.05) is 18.0 Å². The van der Waals surface area contributed by atoms with Gasteiger partial charge in [-0.25, -0.2) is 0 Å². The van der Waals surface area contributed by atoms with E-state index in [2.05, 4.69) is 12.0 Å². The molecule has 0 aliphatic carbocycles. The Labute approximate surface area is 123 Å². The fourth-order valence-electron chi connectivity index (χ4n) is 2.97. The van der Waals surface area contributed by atoms with Crippen LogP contribution in [0.5, 0.6) is 0 Å². The summed E-state index contributed by atoms with van der Waals surface area (Å²) in [7, 11) is 0. The molecule has 0 N–H and O–H groups in total. The van der Waals surface area contributed by atoms with E-state index >= 15 is 0 Å². The molecule has 2 heterocycles. The number of piperidine rings is 1. The first-order valence-electron chi connectivity index (χ1n) is 7.41. The van der Waals surface area contributed by atoms with E-state index in [9.17, 15) is 9.59 Å². The highest BCUT2D eigenvalue weighted by Gasteiger charge is 2.23. The molecule has 21 heavy (non-hydrogen) atoms. The largest absolute Gasteiger partial charge is 0.338 e. The Balaban J connectivity index is 1.90. The summed E-state index contributed by atoms with van der Waals surface area (Å²) in [5.74, 6) is 0.0727. The molecule has 110 valence electrons. The van der Waals surface area contributed by atoms with Gasteiger partial charge in [0.25, 0.3) is 0 Å². The summed E-state index contributed by atoms with van der Waals surface area (Å²) in [4.78, 5) is 26.2. The van der Waals surface area contributed by atoms with Crippen LogP contribution in [0.3, 0.4) is 0 Å². The molecule has 1 atom stereocenters. The van der Waals surface area contributed by atoms with Crippen molar-refractivity contribution in [3.8, 4) is 0 Å². The summed E-state index contributed by atoms with van der Waals surface area (Å²) in [6, 6.07) is 7.56. The Morgan fingerprint density at radius 1 is 1.33 bits per heavy atom. The molecule has 1 saturated heterocycles. The molecule has 0 unspecified atom stereocenters. The highest BCUT2D eigenvalue weighted by Crippen LogP contribution is 2.17. The normalized spacial score (nSPS) is 18.9. The van der Waals surface area contributed by atoms with E-state index in [1.54, 1.807) is 10.7 Å². The number of aromatic nitrogens is 2. The van der Waals surface area contributed by atoms with Crippen LogP contribution in [-0.2, 0) is 11.3 Å². The van der Waals surface area contributed by atoms with Gasteiger partial charge in [-0.05, 0) is 38.3 Å². The third-order valence-corrected chi connectivity index (χ3v) is 4.17. The van der Waals surface area contributed by atoms with E-state index in [1.807, 2.05) is 23.1 Å². The molecule has 0 saturated carbocycles. The van der Waals surface area contributed by atoms with Gasteiger partial charge in [-0.2, -0.15) is 5.10 Å². The lowest BCUT2D eigenvalue weighted by Crippen LogP contribution is -2.43. The fraction of sp³-hybridized carbons (Fsp3) is 0.438. The highest BCUT2D eigenvalue weighted by molar-refractivity contribution is 5.81. The lowest BCUT2D eigenvalue weighted by Gasteiger charge is -2.33. The maximum atomic E-state index is 12.5. The molecule has 5 nitrogen and oxygen atoms in total. The Hall–Kier alpha value is -2.17. The molecule has 0 radical (unpaired) electrons. The average molecular weight is 285 g/mol. The topological polar surface area (TPSA) is 55.2 Å². The Morgan fingerprint density at radius 3 is 2.95 bits per heavy atom. The minimum Gasteiger partial charge on any atom is -0.338 e. The van der Waals surface area contributed by atoms with Crippen LogP contribution in [-0.4, -0.2) is 33.2 Å². The van der Waals surface area contributed by atoms with E-state index in [1.165, 1.54) is 12.6 Å². The highest BCUT2D eigenvalue weighted by atomic mass is 16.2. The molecule has 1 aliphatic heterocycles. The van der Waals surface area contributed by atoms with Gasteiger partial charge in [0.2, 0.25) is 11.3 Å². The van der Waals surface area contributed by atoms with Gasteiger partial charge >= 0.3 is 0 Å². The van der Waals surface area contributed by atoms with Crippen molar-refractivity contribution in [2.75, 3.05) is 6.54 Å². The van der Waals surface area contributed by atoms with Gasteiger partial charge in [-0.15, -0.1) is 0 Å². The predicted octanol–water partition coefficient (Wildman–Crippen LogP) is 1.80. The van der Waals surface area contributed by atoms with E-state index < -0.39 is 0 Å². The summed E-state index contributed by atoms with van der Waals surface area (Å²) in [6.45, 7) is 3.09. The molecular formula is C16H19N3O2. The lowest BCUT2D eigenvalue weighted by atomic mass is 10.0. The molecule has 1 amide bonds. The number of nitrogens with zero attached hydrogens (tertiary/aromatic N) is 3. The second-order valence-corrected chi connectivity index (χ2v) is 5.62. The van der Waals surface area contributed by atoms with Gasteiger partial charge in [0.15, 0.2) is 0 Å². The van der Waals surface area contributed by atoms with Crippen LogP contribution in [0, 0.1) is 0 Å². The fourth-order valence-corrected chi connectivity index (χ4v) is 2.97. The standard InChI is InChI=1S/C16H19N3O2/c1-12-6-4-5-9-18(12)16(21)11-19-14-8-3-2-7-13(14)15(20)10-17-19/h2-3,7-8,10,12H,4-6,9,11H2,1H3/t12-/m0/s1. The summed E-state index contributed by atoms with van der Waals surface area (Å²) < 4.78 is 1.63. The minimum atomic E-state index is -0.111. The van der Waals surface area contributed by atoms with Gasteiger partial charge in [-0.3, -0.25) is 14.3 Å². The number of carbonyl (C=O) groups is 1. The Morgan fingerprint density at radius 2 is 2.14 bits per heavy atom. The number of para-hydroxylation sites is 1. The first kappa shape index (κ1) is 13.8. The van der Waals surface area contributed by atoms with Crippen molar-refractivity contribution in [1.82, 2.24) is 14.7 Å². The van der Waals surface area contributed by atoms with Crippen LogP contribution in [0.1, 0.15) is 26.2 Å². The second-order valence-electron chi connectivity index (χ2n) is 5.62. The van der Waals surface area contributed by atoms with Crippen molar-refractivity contribution in [2.45, 2.75) is 38.8 Å². The quantitative estimate of drug-likeness (QED) is 0.845. The number of hydrogen-bond donors (Lipinski definition) is 0. The van der Waals surface area contributed by atoms with Crippen molar-refractivity contribution < 1.29 is 4.79 Å². The average Bonchev–Trinajstić information content (AvgIpc) is 2.51. The van der Waals surface area contributed by atoms with Gasteiger partial charge in [0.05, 0.1) is 11.7 Å². The van der Waals surface area contributed by atoms with Gasteiger partial charge < -0.3 is 4.90 Å². The number of fused-ring (bicyclic) bond motifs is 1. The molecule has 1 aromatic heterocycles. The Kier molecular flexibility index (Phi) is 3.73. The van der Waals surface area contributed by atoms with Crippen molar-refractivity contribution in [2.24, 2.45) is 0 Å². The third kappa shape index (κ3) is 2.68. The van der Waals surface area contributed by atoms with Crippen molar-refractivity contribution >= 4 is 16.8 Å². The summed E-state index contributed by atoms with van der Waals surface area (Å²) >= 11 is 0. The van der Waals surface area contributed by atoms with Crippen LogP contribution in [0.4, 0.5) is 0 Å². The van der Waals surface area contributed by atoms with Crippen LogP contribution in [0.15, 0.2) is 35.3 Å².